The van der Waals surface area contributed by atoms with E-state index >= 15 is 0 Å². The van der Waals surface area contributed by atoms with Crippen LogP contribution in [0.15, 0.2) is 103 Å². The lowest BCUT2D eigenvalue weighted by atomic mass is 9.78. The monoisotopic (exact) mass is 618 g/mol. The Balaban J connectivity index is 1.30. The zero-order chi connectivity index (χ0) is 33.0. The number of rotatable bonds is 6. The van der Waals surface area contributed by atoms with Crippen molar-refractivity contribution in [2.45, 2.75) is 66.7 Å². The lowest BCUT2D eigenvalue weighted by molar-refractivity contribution is 0.482. The molecule has 3 heterocycles. The van der Waals surface area contributed by atoms with E-state index in [1.807, 2.05) is 30.5 Å². The third-order valence-electron chi connectivity index (χ3n) is 9.14. The highest BCUT2D eigenvalue weighted by atomic mass is 16.5. The number of hydrogen-bond donors (Lipinski definition) is 0. The van der Waals surface area contributed by atoms with Gasteiger partial charge < -0.3 is 4.74 Å². The van der Waals surface area contributed by atoms with Gasteiger partial charge in [-0.1, -0.05) is 77.1 Å². The van der Waals surface area contributed by atoms with Crippen LogP contribution in [0.5, 0.6) is 11.5 Å². The molecule has 3 aromatic heterocycles. The summed E-state index contributed by atoms with van der Waals surface area (Å²) in [6.45, 7) is 17.8. The second kappa shape index (κ2) is 11.6. The van der Waals surface area contributed by atoms with Crippen LogP contribution in [-0.2, 0) is 5.41 Å². The number of para-hydroxylation sites is 1. The predicted octanol–water partition coefficient (Wildman–Crippen LogP) is 11.2. The molecule has 7 rings (SSSR count). The highest BCUT2D eigenvalue weighted by Gasteiger charge is 2.26. The molecule has 236 valence electrons. The number of hydrogen-bond acceptors (Lipinski definition) is 3. The molecule has 0 aliphatic carbocycles. The SMILES string of the molecule is Cc1ccnc(-n2c3ccccc3c3ccc(Oc4cccc(-n5nc(C)c(-c6c(C(C)C)cccc6C(C)(C)C)c5C)c4)cc32)c1. The minimum absolute atomic E-state index is 0.00280. The van der Waals surface area contributed by atoms with Crippen LogP contribution >= 0.6 is 0 Å². The fourth-order valence-electron chi connectivity index (χ4n) is 6.93. The lowest BCUT2D eigenvalue weighted by Gasteiger charge is -2.26. The second-order valence-electron chi connectivity index (χ2n) is 14.0. The van der Waals surface area contributed by atoms with Gasteiger partial charge in [0.15, 0.2) is 0 Å². The van der Waals surface area contributed by atoms with E-state index in [2.05, 4.69) is 137 Å². The van der Waals surface area contributed by atoms with Gasteiger partial charge in [-0.3, -0.25) is 4.57 Å². The largest absolute Gasteiger partial charge is 0.457 e. The number of fused-ring (bicyclic) bond motifs is 3. The Morgan fingerprint density at radius 2 is 1.45 bits per heavy atom. The highest BCUT2D eigenvalue weighted by molar-refractivity contribution is 6.09. The maximum absolute atomic E-state index is 6.56. The van der Waals surface area contributed by atoms with Gasteiger partial charge in [0, 0.05) is 40.4 Å². The third kappa shape index (κ3) is 5.40. The average Bonchev–Trinajstić information content (AvgIpc) is 3.52. The van der Waals surface area contributed by atoms with Crippen molar-refractivity contribution >= 4 is 21.8 Å². The summed E-state index contributed by atoms with van der Waals surface area (Å²) < 4.78 is 10.8. The first-order valence-electron chi connectivity index (χ1n) is 16.5. The Kier molecular flexibility index (Phi) is 7.51. The van der Waals surface area contributed by atoms with Crippen molar-refractivity contribution in [3.8, 4) is 34.1 Å². The van der Waals surface area contributed by atoms with Crippen LogP contribution in [-0.4, -0.2) is 19.3 Å². The first-order valence-corrected chi connectivity index (χ1v) is 16.5. The lowest BCUT2D eigenvalue weighted by Crippen LogP contribution is -2.14. The van der Waals surface area contributed by atoms with Gasteiger partial charge in [-0.2, -0.15) is 5.10 Å². The zero-order valence-corrected chi connectivity index (χ0v) is 28.6. The van der Waals surface area contributed by atoms with Crippen LogP contribution in [0.1, 0.15) is 68.6 Å². The molecule has 0 saturated heterocycles. The maximum Gasteiger partial charge on any atom is 0.137 e. The van der Waals surface area contributed by atoms with Gasteiger partial charge in [-0.25, -0.2) is 9.67 Å². The molecule has 47 heavy (non-hydrogen) atoms. The summed E-state index contributed by atoms with van der Waals surface area (Å²) in [7, 11) is 0. The van der Waals surface area contributed by atoms with E-state index in [0.717, 1.165) is 50.8 Å². The summed E-state index contributed by atoms with van der Waals surface area (Å²) >= 11 is 0. The van der Waals surface area contributed by atoms with Crippen molar-refractivity contribution in [1.29, 1.82) is 0 Å². The summed E-state index contributed by atoms with van der Waals surface area (Å²) in [6.07, 6.45) is 1.87. The fourth-order valence-corrected chi connectivity index (χ4v) is 6.93. The summed E-state index contributed by atoms with van der Waals surface area (Å²) in [5.41, 5.74) is 11.7. The molecule has 0 spiro atoms. The van der Waals surface area contributed by atoms with E-state index in [-0.39, 0.29) is 5.41 Å². The van der Waals surface area contributed by atoms with Crippen molar-refractivity contribution in [1.82, 2.24) is 19.3 Å². The molecule has 5 heteroatoms. The number of benzene rings is 4. The van der Waals surface area contributed by atoms with Gasteiger partial charge in [0.2, 0.25) is 0 Å². The van der Waals surface area contributed by atoms with Gasteiger partial charge in [0.25, 0.3) is 0 Å². The molecule has 0 aliphatic heterocycles. The van der Waals surface area contributed by atoms with Gasteiger partial charge >= 0.3 is 0 Å². The van der Waals surface area contributed by atoms with E-state index in [0.29, 0.717) is 5.92 Å². The van der Waals surface area contributed by atoms with Crippen molar-refractivity contribution < 1.29 is 4.74 Å². The molecule has 0 fully saturated rings. The highest BCUT2D eigenvalue weighted by Crippen LogP contribution is 2.42. The molecule has 0 amide bonds. The van der Waals surface area contributed by atoms with Crippen LogP contribution in [0.4, 0.5) is 0 Å². The Bertz CT molecular complexity index is 2280. The Morgan fingerprint density at radius 3 is 2.21 bits per heavy atom. The summed E-state index contributed by atoms with van der Waals surface area (Å²) in [5.74, 6) is 2.81. The molecule has 5 nitrogen and oxygen atoms in total. The normalized spacial score (nSPS) is 12.0. The second-order valence-corrected chi connectivity index (χ2v) is 14.0. The molecular weight excluding hydrogens is 576 g/mol. The van der Waals surface area contributed by atoms with Crippen LogP contribution in [0.3, 0.4) is 0 Å². The molecule has 0 aliphatic rings. The van der Waals surface area contributed by atoms with E-state index in [1.54, 1.807) is 0 Å². The quantitative estimate of drug-likeness (QED) is 0.186. The Hall–Kier alpha value is -5.16. The summed E-state index contributed by atoms with van der Waals surface area (Å²) in [5, 5.41) is 7.45. The fraction of sp³-hybridized carbons (Fsp3) is 0.238. The predicted molar refractivity (Wildman–Crippen MR) is 195 cm³/mol. The van der Waals surface area contributed by atoms with E-state index in [9.17, 15) is 0 Å². The molecule has 0 bridgehead atoms. The van der Waals surface area contributed by atoms with Crippen molar-refractivity contribution in [3.05, 3.63) is 131 Å². The van der Waals surface area contributed by atoms with E-state index in [1.165, 1.54) is 33.2 Å². The minimum atomic E-state index is -0.00280. The number of aryl methyl sites for hydroxylation is 2. The van der Waals surface area contributed by atoms with E-state index in [4.69, 9.17) is 14.8 Å². The molecule has 0 radical (unpaired) electrons. The van der Waals surface area contributed by atoms with Crippen molar-refractivity contribution in [2.75, 3.05) is 0 Å². The average molecular weight is 619 g/mol. The van der Waals surface area contributed by atoms with Gasteiger partial charge in [-0.05, 0) is 96.8 Å². The maximum atomic E-state index is 6.56. The van der Waals surface area contributed by atoms with Crippen LogP contribution in [0, 0.1) is 20.8 Å². The summed E-state index contributed by atoms with van der Waals surface area (Å²) in [4.78, 5) is 4.73. The van der Waals surface area contributed by atoms with Crippen LogP contribution in [0.2, 0.25) is 0 Å². The molecule has 0 saturated carbocycles. The first-order chi connectivity index (χ1) is 22.5. The number of nitrogens with zero attached hydrogens (tertiary/aromatic N) is 4. The smallest absolute Gasteiger partial charge is 0.137 e. The van der Waals surface area contributed by atoms with Crippen molar-refractivity contribution in [2.24, 2.45) is 0 Å². The molecule has 0 N–H and O–H groups in total. The van der Waals surface area contributed by atoms with Crippen LogP contribution < -0.4 is 4.74 Å². The van der Waals surface area contributed by atoms with E-state index < -0.39 is 0 Å². The van der Waals surface area contributed by atoms with Crippen LogP contribution in [0.25, 0.3) is 44.4 Å². The van der Waals surface area contributed by atoms with Gasteiger partial charge in [-0.15, -0.1) is 0 Å². The van der Waals surface area contributed by atoms with Gasteiger partial charge in [0.05, 0.1) is 22.4 Å². The van der Waals surface area contributed by atoms with Gasteiger partial charge in [0.1, 0.15) is 17.3 Å². The summed E-state index contributed by atoms with van der Waals surface area (Å²) in [6, 6.07) is 33.9. The Morgan fingerprint density at radius 1 is 0.702 bits per heavy atom. The molecule has 7 aromatic rings. The topological polar surface area (TPSA) is 44.9 Å². The third-order valence-corrected chi connectivity index (χ3v) is 9.14. The molecule has 4 aromatic carbocycles. The zero-order valence-electron chi connectivity index (χ0n) is 28.6. The minimum Gasteiger partial charge on any atom is -0.457 e. The number of aromatic nitrogens is 4. The number of ether oxygens (including phenoxy) is 1. The molecule has 0 atom stereocenters. The number of pyridine rings is 1. The Labute approximate surface area is 277 Å². The van der Waals surface area contributed by atoms with Crippen molar-refractivity contribution in [3.63, 3.8) is 0 Å². The first kappa shape index (κ1) is 30.5. The molecular formula is C42H42N4O. The standard InChI is InChI=1S/C42H42N4O/c1-26(2)33-16-12-17-36(42(6,7)8)41(33)40-28(4)44-46(29(40)5)30-13-11-14-31(24-30)47-32-19-20-35-34-15-9-10-18-37(34)45(38(35)25-32)39-23-27(3)21-22-43-39/h9-26H,1-8H3. The molecule has 0 unspecified atom stereocenters.